The van der Waals surface area contributed by atoms with Crippen LogP contribution in [0.4, 0.5) is 0 Å². The lowest BCUT2D eigenvalue weighted by atomic mass is 10.1. The standard InChI is InChI=1S/C18H16N2O/c1-12-3-5-16-14(9-12)11-20(18(16)21)15-4-6-17-13(10-15)7-8-19(17)2/h3-11,21H,1-2H3. The summed E-state index contributed by atoms with van der Waals surface area (Å²) in [5, 5.41) is 13.6. The molecule has 3 heteroatoms. The number of aryl methyl sites for hydroxylation is 2. The van der Waals surface area contributed by atoms with Crippen LogP contribution >= 0.6 is 0 Å². The fourth-order valence-electron chi connectivity index (χ4n) is 2.94. The Hall–Kier alpha value is -2.68. The molecule has 0 aliphatic carbocycles. The van der Waals surface area contributed by atoms with E-state index in [2.05, 4.69) is 35.8 Å². The van der Waals surface area contributed by atoms with Gasteiger partial charge in [-0.25, -0.2) is 0 Å². The summed E-state index contributed by atoms with van der Waals surface area (Å²) in [6.07, 6.45) is 4.03. The van der Waals surface area contributed by atoms with Crippen molar-refractivity contribution in [3.8, 4) is 11.6 Å². The van der Waals surface area contributed by atoms with Gasteiger partial charge in [0, 0.05) is 46.8 Å². The number of hydrogen-bond donors (Lipinski definition) is 1. The van der Waals surface area contributed by atoms with Crippen LogP contribution in [0.3, 0.4) is 0 Å². The molecule has 2 aromatic carbocycles. The van der Waals surface area contributed by atoms with E-state index in [1.165, 1.54) is 16.5 Å². The molecule has 0 fully saturated rings. The predicted molar refractivity (Wildman–Crippen MR) is 86.2 cm³/mol. The van der Waals surface area contributed by atoms with Crippen molar-refractivity contribution < 1.29 is 5.11 Å². The average Bonchev–Trinajstić information content (AvgIpc) is 3.00. The zero-order chi connectivity index (χ0) is 14.6. The quantitative estimate of drug-likeness (QED) is 0.556. The summed E-state index contributed by atoms with van der Waals surface area (Å²) in [6.45, 7) is 2.06. The molecule has 0 spiro atoms. The molecular weight excluding hydrogens is 260 g/mol. The van der Waals surface area contributed by atoms with Gasteiger partial charge in [-0.1, -0.05) is 11.6 Å². The molecule has 2 aromatic heterocycles. The summed E-state index contributed by atoms with van der Waals surface area (Å²) >= 11 is 0. The number of nitrogens with zero attached hydrogens (tertiary/aromatic N) is 2. The fraction of sp³-hybridized carbons (Fsp3) is 0.111. The van der Waals surface area contributed by atoms with Gasteiger partial charge in [0.1, 0.15) is 0 Å². The molecule has 4 rings (SSSR count). The van der Waals surface area contributed by atoms with Crippen molar-refractivity contribution >= 4 is 21.7 Å². The van der Waals surface area contributed by atoms with Crippen molar-refractivity contribution in [2.75, 3.05) is 0 Å². The second kappa shape index (κ2) is 4.16. The monoisotopic (exact) mass is 276 g/mol. The minimum atomic E-state index is 0.292. The molecule has 1 N–H and O–H groups in total. The van der Waals surface area contributed by atoms with E-state index in [-0.39, 0.29) is 0 Å². The minimum Gasteiger partial charge on any atom is -0.494 e. The first-order valence-corrected chi connectivity index (χ1v) is 6.99. The maximum absolute atomic E-state index is 10.5. The molecule has 0 amide bonds. The lowest BCUT2D eigenvalue weighted by Crippen LogP contribution is -1.91. The van der Waals surface area contributed by atoms with Crippen molar-refractivity contribution in [3.63, 3.8) is 0 Å². The molecule has 4 aromatic rings. The summed E-state index contributed by atoms with van der Waals surface area (Å²) in [6, 6.07) is 14.4. The van der Waals surface area contributed by atoms with Crippen LogP contribution in [0.1, 0.15) is 5.56 Å². The molecule has 21 heavy (non-hydrogen) atoms. The third kappa shape index (κ3) is 1.74. The summed E-state index contributed by atoms with van der Waals surface area (Å²) in [5.41, 5.74) is 3.35. The molecule has 0 bridgehead atoms. The number of hydrogen-bond acceptors (Lipinski definition) is 1. The van der Waals surface area contributed by atoms with Crippen molar-refractivity contribution in [2.45, 2.75) is 6.92 Å². The van der Waals surface area contributed by atoms with Crippen LogP contribution in [0, 0.1) is 6.92 Å². The van der Waals surface area contributed by atoms with Gasteiger partial charge < -0.3 is 9.67 Å². The highest BCUT2D eigenvalue weighted by Gasteiger charge is 2.10. The van der Waals surface area contributed by atoms with Gasteiger partial charge in [-0.3, -0.25) is 4.57 Å². The lowest BCUT2D eigenvalue weighted by Gasteiger charge is -2.05. The Bertz CT molecular complexity index is 976. The Kier molecular flexibility index (Phi) is 2.39. The smallest absolute Gasteiger partial charge is 0.203 e. The first-order valence-electron chi connectivity index (χ1n) is 6.99. The second-order valence-electron chi connectivity index (χ2n) is 5.58. The Balaban J connectivity index is 1.96. The summed E-state index contributed by atoms with van der Waals surface area (Å²) in [5.74, 6) is 0.292. The normalized spacial score (nSPS) is 11.5. The van der Waals surface area contributed by atoms with Crippen molar-refractivity contribution in [1.82, 2.24) is 9.13 Å². The van der Waals surface area contributed by atoms with Crippen LogP contribution in [0.2, 0.25) is 0 Å². The third-order valence-corrected chi connectivity index (χ3v) is 4.09. The zero-order valence-corrected chi connectivity index (χ0v) is 12.0. The van der Waals surface area contributed by atoms with E-state index in [1.807, 2.05) is 42.2 Å². The van der Waals surface area contributed by atoms with Crippen LogP contribution < -0.4 is 0 Å². The van der Waals surface area contributed by atoms with Crippen LogP contribution in [0.25, 0.3) is 27.4 Å². The molecule has 0 radical (unpaired) electrons. The number of benzene rings is 2. The molecule has 0 saturated carbocycles. The third-order valence-electron chi connectivity index (χ3n) is 4.09. The number of fused-ring (bicyclic) bond motifs is 2. The zero-order valence-electron chi connectivity index (χ0n) is 12.0. The molecule has 0 unspecified atom stereocenters. The Morgan fingerprint density at radius 1 is 0.952 bits per heavy atom. The second-order valence-corrected chi connectivity index (χ2v) is 5.58. The maximum Gasteiger partial charge on any atom is 0.203 e. The predicted octanol–water partition coefficient (Wildman–Crippen LogP) is 4.14. The Morgan fingerprint density at radius 3 is 2.67 bits per heavy atom. The van der Waals surface area contributed by atoms with Gasteiger partial charge >= 0.3 is 0 Å². The van der Waals surface area contributed by atoms with Crippen LogP contribution in [0.15, 0.2) is 54.9 Å². The molecule has 3 nitrogen and oxygen atoms in total. The van der Waals surface area contributed by atoms with Crippen LogP contribution in [0.5, 0.6) is 5.88 Å². The highest BCUT2D eigenvalue weighted by Crippen LogP contribution is 2.31. The van der Waals surface area contributed by atoms with Gasteiger partial charge in [-0.05, 0) is 43.3 Å². The largest absolute Gasteiger partial charge is 0.494 e. The van der Waals surface area contributed by atoms with E-state index in [0.717, 1.165) is 16.5 Å². The number of rotatable bonds is 1. The molecule has 0 atom stereocenters. The SMILES string of the molecule is Cc1ccc2c(O)n(-c3ccc4c(ccn4C)c3)cc2c1. The maximum atomic E-state index is 10.5. The Labute approximate surface area is 122 Å². The van der Waals surface area contributed by atoms with E-state index >= 15 is 0 Å². The Morgan fingerprint density at radius 2 is 1.81 bits per heavy atom. The first-order chi connectivity index (χ1) is 10.1. The molecule has 0 saturated heterocycles. The van der Waals surface area contributed by atoms with Crippen molar-refractivity contribution in [3.05, 3.63) is 60.4 Å². The van der Waals surface area contributed by atoms with E-state index < -0.39 is 0 Å². The highest BCUT2D eigenvalue weighted by atomic mass is 16.3. The van der Waals surface area contributed by atoms with E-state index in [9.17, 15) is 5.11 Å². The van der Waals surface area contributed by atoms with Gasteiger partial charge in [0.25, 0.3) is 0 Å². The van der Waals surface area contributed by atoms with Crippen LogP contribution in [-0.4, -0.2) is 14.2 Å². The summed E-state index contributed by atoms with van der Waals surface area (Å²) in [4.78, 5) is 0. The van der Waals surface area contributed by atoms with Gasteiger partial charge in [0.15, 0.2) is 0 Å². The minimum absolute atomic E-state index is 0.292. The van der Waals surface area contributed by atoms with Crippen molar-refractivity contribution in [2.24, 2.45) is 7.05 Å². The molecule has 2 heterocycles. The van der Waals surface area contributed by atoms with Gasteiger partial charge in [-0.2, -0.15) is 0 Å². The van der Waals surface area contributed by atoms with Gasteiger partial charge in [0.05, 0.1) is 0 Å². The molecule has 104 valence electrons. The topological polar surface area (TPSA) is 30.1 Å². The highest BCUT2D eigenvalue weighted by molar-refractivity contribution is 5.90. The molecule has 0 aliphatic heterocycles. The molecular formula is C18H16N2O. The van der Waals surface area contributed by atoms with Gasteiger partial charge in [-0.15, -0.1) is 0 Å². The van der Waals surface area contributed by atoms with E-state index in [0.29, 0.717) is 5.88 Å². The average molecular weight is 276 g/mol. The summed E-state index contributed by atoms with van der Waals surface area (Å²) in [7, 11) is 2.03. The molecule has 0 aliphatic rings. The fourth-order valence-corrected chi connectivity index (χ4v) is 2.94. The number of aromatic nitrogens is 2. The van der Waals surface area contributed by atoms with Crippen molar-refractivity contribution in [1.29, 1.82) is 0 Å². The van der Waals surface area contributed by atoms with E-state index in [1.54, 1.807) is 0 Å². The van der Waals surface area contributed by atoms with Crippen LogP contribution in [-0.2, 0) is 7.05 Å². The van der Waals surface area contributed by atoms with Gasteiger partial charge in [0.2, 0.25) is 5.88 Å². The number of aromatic hydroxyl groups is 1. The van der Waals surface area contributed by atoms with E-state index in [4.69, 9.17) is 0 Å². The first kappa shape index (κ1) is 12.1. The summed E-state index contributed by atoms with van der Waals surface area (Å²) < 4.78 is 3.94. The lowest BCUT2D eigenvalue weighted by molar-refractivity contribution is 0.448.